The van der Waals surface area contributed by atoms with E-state index in [1.54, 1.807) is 0 Å². The number of nitrogens with two attached hydrogens (primary N) is 1. The van der Waals surface area contributed by atoms with Gasteiger partial charge in [-0.3, -0.25) is 0 Å². The van der Waals surface area contributed by atoms with Gasteiger partial charge in [-0.15, -0.1) is 0 Å². The smallest absolute Gasteiger partial charge is 0.852 e. The quantitative estimate of drug-likeness (QED) is 0.0611. The summed E-state index contributed by atoms with van der Waals surface area (Å²) in [5, 5.41) is 19.9. The zero-order valence-electron chi connectivity index (χ0n) is 24.3. The van der Waals surface area contributed by atoms with Crippen molar-refractivity contribution in [1.29, 1.82) is 0 Å². The Labute approximate surface area is 252 Å². The SMILES string of the molecule is CCCCCCCCCCCCCCN(CCCCCCCCCCCCCC)C([O-])=S.NC([O-])=S.[Cu+2]. The predicted molar refractivity (Wildman–Crippen MR) is 163 cm³/mol. The Kier molecular flexibility index (Phi) is 40.2. The van der Waals surface area contributed by atoms with Gasteiger partial charge in [-0.1, -0.05) is 180 Å². The van der Waals surface area contributed by atoms with Gasteiger partial charge in [-0.05, 0) is 12.8 Å². The molecule has 0 saturated carbocycles. The van der Waals surface area contributed by atoms with Crippen molar-refractivity contribution in [1.82, 2.24) is 4.90 Å². The fourth-order valence-corrected chi connectivity index (χ4v) is 4.76. The van der Waals surface area contributed by atoms with Crippen molar-refractivity contribution in [3.05, 3.63) is 0 Å². The molecule has 0 aliphatic heterocycles. The van der Waals surface area contributed by atoms with Crippen LogP contribution in [0.4, 0.5) is 0 Å². The molecular weight excluding hydrogens is 548 g/mol. The minimum absolute atomic E-state index is 0. The van der Waals surface area contributed by atoms with Crippen molar-refractivity contribution in [2.24, 2.45) is 5.73 Å². The number of thiocarbonyl (C=S) groups is 2. The van der Waals surface area contributed by atoms with Gasteiger partial charge >= 0.3 is 17.1 Å². The van der Waals surface area contributed by atoms with Crippen LogP contribution in [0, 0.1) is 0 Å². The maximum Gasteiger partial charge on any atom is 2.00 e. The van der Waals surface area contributed by atoms with E-state index in [1.807, 2.05) is 4.90 Å². The predicted octanol–water partition coefficient (Wildman–Crippen LogP) is 7.92. The zero-order chi connectivity index (χ0) is 27.1. The van der Waals surface area contributed by atoms with Crippen LogP contribution in [0.2, 0.25) is 0 Å². The van der Waals surface area contributed by atoms with Gasteiger partial charge in [0.15, 0.2) is 0 Å². The van der Waals surface area contributed by atoms with Crippen LogP contribution in [0.25, 0.3) is 0 Å². The molecule has 0 amide bonds. The van der Waals surface area contributed by atoms with Gasteiger partial charge in [-0.25, -0.2) is 0 Å². The average Bonchev–Trinajstić information content (AvgIpc) is 2.83. The molecule has 0 aliphatic carbocycles. The van der Waals surface area contributed by atoms with Crippen LogP contribution in [0.5, 0.6) is 0 Å². The summed E-state index contributed by atoms with van der Waals surface area (Å²) in [7, 11) is 0. The Morgan fingerprint density at radius 3 is 0.865 bits per heavy atom. The number of hydrogen-bond donors (Lipinski definition) is 1. The first kappa shape index (κ1) is 41.4. The largest absolute Gasteiger partial charge is 2.00 e. The third-order valence-electron chi connectivity index (χ3n) is 6.82. The summed E-state index contributed by atoms with van der Waals surface area (Å²) in [6.45, 7) is 6.31. The van der Waals surface area contributed by atoms with E-state index in [2.05, 4.69) is 31.8 Å². The first-order chi connectivity index (χ1) is 17.5. The normalized spacial score (nSPS) is 10.3. The standard InChI is InChI=1S/C29H59NOS.CH3NOS.Cu/c1-3-5-7-9-11-13-15-17-19-21-23-25-27-30(29(31)32)28-26-24-22-20-18-16-14-12-10-8-6-4-2;2-1(3)4;/h3-28H2,1-2H3,(H,31,32);(H3,2,3,4);/q;;+2/p-2. The molecule has 0 fully saturated rings. The van der Waals surface area contributed by atoms with E-state index in [9.17, 15) is 5.11 Å². The number of unbranched alkanes of at least 4 members (excludes halogenated alkanes) is 22. The molecule has 4 nitrogen and oxygen atoms in total. The van der Waals surface area contributed by atoms with Crippen LogP contribution < -0.4 is 15.9 Å². The van der Waals surface area contributed by atoms with E-state index in [-0.39, 0.29) is 22.2 Å². The molecule has 37 heavy (non-hydrogen) atoms. The Morgan fingerprint density at radius 1 is 0.486 bits per heavy atom. The molecule has 225 valence electrons. The van der Waals surface area contributed by atoms with Gasteiger partial charge < -0.3 is 20.8 Å². The molecule has 2 N–H and O–H groups in total. The molecule has 0 saturated heterocycles. The molecule has 0 spiro atoms. The fraction of sp³-hybridized carbons (Fsp3) is 0.933. The zero-order valence-corrected chi connectivity index (χ0v) is 26.9. The van der Waals surface area contributed by atoms with Gasteiger partial charge in [0.05, 0.1) is 0 Å². The number of rotatable bonds is 26. The van der Waals surface area contributed by atoms with Crippen LogP contribution >= 0.6 is 24.4 Å². The van der Waals surface area contributed by atoms with Gasteiger partial charge in [-0.2, -0.15) is 0 Å². The molecule has 0 rings (SSSR count). The first-order valence-corrected chi connectivity index (χ1v) is 16.2. The second-order valence-electron chi connectivity index (χ2n) is 10.4. The topological polar surface area (TPSA) is 75.4 Å². The molecule has 0 aromatic heterocycles. The van der Waals surface area contributed by atoms with E-state index in [0.717, 1.165) is 25.9 Å². The minimum Gasteiger partial charge on any atom is -0.852 e. The molecule has 0 aromatic rings. The molecule has 0 atom stereocenters. The summed E-state index contributed by atoms with van der Waals surface area (Å²) in [4.78, 5) is 1.92. The summed E-state index contributed by atoms with van der Waals surface area (Å²) in [5.41, 5.74) is 4.29. The summed E-state index contributed by atoms with van der Waals surface area (Å²) in [5.74, 6) is 0. The summed E-state index contributed by atoms with van der Waals surface area (Å²) >= 11 is 8.72. The van der Waals surface area contributed by atoms with Crippen molar-refractivity contribution < 1.29 is 27.3 Å². The summed E-state index contributed by atoms with van der Waals surface area (Å²) in [6.07, 6.45) is 32.5. The Balaban J connectivity index is -0.00000214. The molecule has 1 radical (unpaired) electrons. The van der Waals surface area contributed by atoms with Crippen LogP contribution in [0.1, 0.15) is 168 Å². The molecule has 0 unspecified atom stereocenters. The molecule has 0 aromatic carbocycles. The molecule has 7 heteroatoms. The first-order valence-electron chi connectivity index (χ1n) is 15.4. The molecule has 0 heterocycles. The van der Waals surface area contributed by atoms with Crippen LogP contribution in [0.3, 0.4) is 0 Å². The van der Waals surface area contributed by atoms with E-state index in [1.165, 1.54) is 141 Å². The number of nitrogens with zero attached hydrogens (tertiary/aromatic N) is 1. The van der Waals surface area contributed by atoms with Gasteiger partial charge in [0.1, 0.15) is 0 Å². The van der Waals surface area contributed by atoms with Crippen LogP contribution in [-0.4, -0.2) is 28.3 Å². The van der Waals surface area contributed by atoms with Gasteiger partial charge in [0.25, 0.3) is 0 Å². The van der Waals surface area contributed by atoms with E-state index < -0.39 is 5.17 Å². The Bertz CT molecular complexity index is 439. The van der Waals surface area contributed by atoms with E-state index in [4.69, 9.17) is 17.3 Å². The monoisotopic (exact) mass is 607 g/mol. The number of hydrogen-bond acceptors (Lipinski definition) is 4. The fourth-order valence-electron chi connectivity index (χ4n) is 4.58. The van der Waals surface area contributed by atoms with E-state index >= 15 is 0 Å². The second-order valence-corrected chi connectivity index (χ2v) is 11.1. The third kappa shape index (κ3) is 40.5. The van der Waals surface area contributed by atoms with Crippen LogP contribution in [-0.2, 0) is 17.1 Å². The Morgan fingerprint density at radius 2 is 0.676 bits per heavy atom. The van der Waals surface area contributed by atoms with E-state index in [0.29, 0.717) is 0 Å². The third-order valence-corrected chi connectivity index (χ3v) is 7.08. The van der Waals surface area contributed by atoms with Crippen molar-refractivity contribution in [2.45, 2.75) is 168 Å². The summed E-state index contributed by atoms with van der Waals surface area (Å²) < 4.78 is 0. The minimum atomic E-state index is -0.750. The van der Waals surface area contributed by atoms with Crippen LogP contribution in [0.15, 0.2) is 0 Å². The maximum absolute atomic E-state index is 11.7. The second kappa shape index (κ2) is 35.9. The Hall–Kier alpha value is -0.101. The average molecular weight is 609 g/mol. The van der Waals surface area contributed by atoms with Crippen molar-refractivity contribution in [3.63, 3.8) is 0 Å². The van der Waals surface area contributed by atoms with Gasteiger partial charge in [0, 0.05) is 23.4 Å². The maximum atomic E-state index is 11.7. The molecule has 0 bridgehead atoms. The molecule has 0 aliphatic rings. The molecular formula is C30H60CuN2O2S2. The summed E-state index contributed by atoms with van der Waals surface area (Å²) in [6, 6.07) is 0. The van der Waals surface area contributed by atoms with Crippen molar-refractivity contribution in [3.8, 4) is 0 Å². The van der Waals surface area contributed by atoms with Gasteiger partial charge in [0.2, 0.25) is 0 Å². The van der Waals surface area contributed by atoms with Crippen molar-refractivity contribution in [2.75, 3.05) is 13.1 Å². The van der Waals surface area contributed by atoms with Crippen molar-refractivity contribution >= 4 is 34.8 Å².